The van der Waals surface area contributed by atoms with Gasteiger partial charge in [0.1, 0.15) is 5.75 Å². The van der Waals surface area contributed by atoms with Crippen LogP contribution in [0.2, 0.25) is 0 Å². The monoisotopic (exact) mass is 469 g/mol. The fourth-order valence-electron chi connectivity index (χ4n) is 4.26. The molecule has 1 aliphatic rings. The third kappa shape index (κ3) is 5.33. The number of esters is 1. The van der Waals surface area contributed by atoms with Gasteiger partial charge < -0.3 is 14.4 Å². The summed E-state index contributed by atoms with van der Waals surface area (Å²) in [6, 6.07) is 17.3. The molecular formula is C28H27N3O4. The van der Waals surface area contributed by atoms with Crippen molar-refractivity contribution >= 4 is 34.4 Å². The highest BCUT2D eigenvalue weighted by atomic mass is 16.5. The predicted octanol–water partition coefficient (Wildman–Crippen LogP) is 4.65. The third-order valence-corrected chi connectivity index (χ3v) is 6.14. The largest absolute Gasteiger partial charge is 0.497 e. The summed E-state index contributed by atoms with van der Waals surface area (Å²) in [5.74, 6) is -0.0911. The molecule has 4 rings (SSSR count). The van der Waals surface area contributed by atoms with Crippen LogP contribution in [-0.2, 0) is 16.0 Å². The Morgan fingerprint density at radius 3 is 2.66 bits per heavy atom. The van der Waals surface area contributed by atoms with Crippen LogP contribution >= 0.6 is 0 Å². The zero-order chi connectivity index (χ0) is 24.8. The molecule has 2 aromatic carbocycles. The van der Waals surface area contributed by atoms with Gasteiger partial charge in [-0.1, -0.05) is 30.3 Å². The van der Waals surface area contributed by atoms with Crippen LogP contribution in [0, 0.1) is 11.3 Å². The van der Waals surface area contributed by atoms with Gasteiger partial charge in [-0.05, 0) is 60.2 Å². The molecule has 0 saturated carbocycles. The fraction of sp³-hybridized carbons (Fsp3) is 0.286. The number of hydrogen-bond donors (Lipinski definition) is 0. The highest BCUT2D eigenvalue weighted by molar-refractivity contribution is 6.07. The van der Waals surface area contributed by atoms with Crippen LogP contribution in [0.3, 0.4) is 0 Å². The molecule has 35 heavy (non-hydrogen) atoms. The second-order valence-electron chi connectivity index (χ2n) is 8.43. The predicted molar refractivity (Wildman–Crippen MR) is 134 cm³/mol. The van der Waals surface area contributed by atoms with E-state index in [1.54, 1.807) is 14.2 Å². The zero-order valence-electron chi connectivity index (χ0n) is 19.9. The minimum absolute atomic E-state index is 0.224. The number of carbonyl (C=O) groups excluding carboxylic acids is 2. The summed E-state index contributed by atoms with van der Waals surface area (Å²) in [7, 11) is 3.23. The Labute approximate surface area is 204 Å². The summed E-state index contributed by atoms with van der Waals surface area (Å²) in [6.07, 6.45) is 4.75. The SMILES string of the molecule is COc1ccc(C=C2CCCc3c2nc2ccccc2c3C(=O)OCC(=O)N(C)CCC#N)cc1. The zero-order valence-corrected chi connectivity index (χ0v) is 19.9. The number of ether oxygens (including phenoxy) is 2. The number of aromatic nitrogens is 1. The quantitative estimate of drug-likeness (QED) is 0.468. The minimum atomic E-state index is -0.535. The van der Waals surface area contributed by atoms with Crippen LogP contribution in [0.1, 0.15) is 46.4 Å². The molecule has 7 nitrogen and oxygen atoms in total. The summed E-state index contributed by atoms with van der Waals surface area (Å²) >= 11 is 0. The van der Waals surface area contributed by atoms with Crippen molar-refractivity contribution in [3.05, 3.63) is 70.9 Å². The van der Waals surface area contributed by atoms with E-state index < -0.39 is 5.97 Å². The Bertz CT molecular complexity index is 1320. The first-order valence-corrected chi connectivity index (χ1v) is 11.6. The van der Waals surface area contributed by atoms with Gasteiger partial charge in [0, 0.05) is 19.0 Å². The van der Waals surface area contributed by atoms with Gasteiger partial charge in [-0.15, -0.1) is 0 Å². The number of rotatable bonds is 7. The Hall–Kier alpha value is -4.18. The minimum Gasteiger partial charge on any atom is -0.497 e. The number of fused-ring (bicyclic) bond motifs is 2. The van der Waals surface area contributed by atoms with E-state index in [2.05, 4.69) is 6.08 Å². The normalized spacial score (nSPS) is 13.7. The first-order valence-electron chi connectivity index (χ1n) is 11.6. The summed E-state index contributed by atoms with van der Waals surface area (Å²) in [5, 5.41) is 9.44. The number of benzene rings is 2. The van der Waals surface area contributed by atoms with E-state index in [0.717, 1.165) is 41.0 Å². The molecule has 1 amide bonds. The Kier molecular flexibility index (Phi) is 7.41. The van der Waals surface area contributed by atoms with E-state index in [0.29, 0.717) is 29.4 Å². The number of pyridine rings is 1. The number of nitrogens with zero attached hydrogens (tertiary/aromatic N) is 3. The maximum Gasteiger partial charge on any atom is 0.339 e. The van der Waals surface area contributed by atoms with Gasteiger partial charge in [-0.25, -0.2) is 9.78 Å². The lowest BCUT2D eigenvalue weighted by Crippen LogP contribution is -2.32. The lowest BCUT2D eigenvalue weighted by Gasteiger charge is -2.23. The molecule has 1 aliphatic carbocycles. The number of allylic oxidation sites excluding steroid dienone is 1. The summed E-state index contributed by atoms with van der Waals surface area (Å²) < 4.78 is 10.7. The van der Waals surface area contributed by atoms with Crippen LogP contribution in [0.25, 0.3) is 22.6 Å². The van der Waals surface area contributed by atoms with Gasteiger partial charge in [0.15, 0.2) is 6.61 Å². The number of amides is 1. The molecule has 178 valence electrons. The Morgan fingerprint density at radius 1 is 1.14 bits per heavy atom. The molecule has 0 saturated heterocycles. The highest BCUT2D eigenvalue weighted by Gasteiger charge is 2.26. The molecular weight excluding hydrogens is 442 g/mol. The number of hydrogen-bond acceptors (Lipinski definition) is 6. The second-order valence-corrected chi connectivity index (χ2v) is 8.43. The van der Waals surface area contributed by atoms with Crippen molar-refractivity contribution in [3.63, 3.8) is 0 Å². The number of carbonyl (C=O) groups is 2. The van der Waals surface area contributed by atoms with Crippen molar-refractivity contribution in [2.24, 2.45) is 0 Å². The van der Waals surface area contributed by atoms with Gasteiger partial charge in [-0.3, -0.25) is 4.79 Å². The molecule has 0 spiro atoms. The lowest BCUT2D eigenvalue weighted by molar-refractivity contribution is -0.133. The van der Waals surface area contributed by atoms with Crippen LogP contribution < -0.4 is 4.74 Å². The maximum atomic E-state index is 13.3. The molecule has 0 N–H and O–H groups in total. The maximum absolute atomic E-state index is 13.3. The molecule has 1 aromatic heterocycles. The molecule has 0 aliphatic heterocycles. The number of methoxy groups -OCH3 is 1. The van der Waals surface area contributed by atoms with Crippen molar-refractivity contribution in [2.45, 2.75) is 25.7 Å². The van der Waals surface area contributed by atoms with Gasteiger partial charge >= 0.3 is 5.97 Å². The van der Waals surface area contributed by atoms with E-state index in [1.807, 2.05) is 54.6 Å². The van der Waals surface area contributed by atoms with Gasteiger partial charge in [-0.2, -0.15) is 5.26 Å². The molecule has 3 aromatic rings. The van der Waals surface area contributed by atoms with E-state index in [9.17, 15) is 9.59 Å². The average molecular weight is 470 g/mol. The van der Waals surface area contributed by atoms with Crippen molar-refractivity contribution in [2.75, 3.05) is 27.3 Å². The van der Waals surface area contributed by atoms with Crippen LogP contribution in [0.5, 0.6) is 5.75 Å². The van der Waals surface area contributed by atoms with E-state index in [-0.39, 0.29) is 18.9 Å². The van der Waals surface area contributed by atoms with E-state index in [4.69, 9.17) is 19.7 Å². The highest BCUT2D eigenvalue weighted by Crippen LogP contribution is 2.36. The first kappa shape index (κ1) is 24.0. The summed E-state index contributed by atoms with van der Waals surface area (Å²) in [4.78, 5) is 32.0. The molecule has 0 fully saturated rings. The first-order chi connectivity index (χ1) is 17.0. The third-order valence-electron chi connectivity index (χ3n) is 6.14. The summed E-state index contributed by atoms with van der Waals surface area (Å²) in [5.41, 5.74) is 4.92. The number of para-hydroxylation sites is 1. The van der Waals surface area contributed by atoms with Crippen molar-refractivity contribution in [1.29, 1.82) is 5.26 Å². The molecule has 0 radical (unpaired) electrons. The van der Waals surface area contributed by atoms with Crippen molar-refractivity contribution in [1.82, 2.24) is 9.88 Å². The standard InChI is InChI=1S/C28H27N3O4/c1-31(16-6-15-29)25(32)18-35-28(33)26-22-8-3-4-10-24(22)30-27-20(7-5-9-23(26)27)17-19-11-13-21(34-2)14-12-19/h3-4,8,10-14,17H,5-7,9,16,18H2,1-2H3. The van der Waals surface area contributed by atoms with Gasteiger partial charge in [0.25, 0.3) is 5.91 Å². The van der Waals surface area contributed by atoms with E-state index in [1.165, 1.54) is 4.90 Å². The summed E-state index contributed by atoms with van der Waals surface area (Å²) in [6.45, 7) is -0.0826. The van der Waals surface area contributed by atoms with Crippen LogP contribution in [0.15, 0.2) is 48.5 Å². The Morgan fingerprint density at radius 2 is 1.91 bits per heavy atom. The average Bonchev–Trinajstić information content (AvgIpc) is 2.89. The van der Waals surface area contributed by atoms with Gasteiger partial charge in [0.2, 0.25) is 0 Å². The molecule has 0 unspecified atom stereocenters. The van der Waals surface area contributed by atoms with Crippen LogP contribution in [0.4, 0.5) is 0 Å². The topological polar surface area (TPSA) is 92.5 Å². The van der Waals surface area contributed by atoms with Gasteiger partial charge in [0.05, 0.1) is 36.4 Å². The van der Waals surface area contributed by atoms with Crippen molar-refractivity contribution < 1.29 is 19.1 Å². The number of likely N-dealkylation sites (N-methyl/N-ethyl adjacent to an activating group) is 1. The van der Waals surface area contributed by atoms with Crippen LogP contribution in [-0.4, -0.2) is 49.1 Å². The molecule has 0 atom stereocenters. The van der Waals surface area contributed by atoms with E-state index >= 15 is 0 Å². The molecule has 7 heteroatoms. The Balaban J connectivity index is 1.69. The van der Waals surface area contributed by atoms with Crippen molar-refractivity contribution in [3.8, 4) is 11.8 Å². The number of nitriles is 1. The molecule has 1 heterocycles. The lowest BCUT2D eigenvalue weighted by atomic mass is 9.86. The fourth-order valence-corrected chi connectivity index (χ4v) is 4.26. The smallest absolute Gasteiger partial charge is 0.339 e. The molecule has 0 bridgehead atoms. The second kappa shape index (κ2) is 10.8.